The molecular weight excluding hydrogens is 354 g/mol. The average molecular weight is 392 g/mol. The van der Waals surface area contributed by atoms with Crippen molar-refractivity contribution in [3.63, 3.8) is 0 Å². The Bertz CT molecular complexity index is 776. The van der Waals surface area contributed by atoms with Crippen LogP contribution in [-0.2, 0) is 0 Å². The van der Waals surface area contributed by atoms with E-state index in [-0.39, 0.29) is 17.9 Å². The highest BCUT2D eigenvalue weighted by Gasteiger charge is 2.25. The van der Waals surface area contributed by atoms with Crippen molar-refractivity contribution < 1.29 is 5.11 Å². The van der Waals surface area contributed by atoms with Crippen LogP contribution in [0.15, 0.2) is 59.3 Å². The zero-order valence-electron chi connectivity index (χ0n) is 18.5. The highest BCUT2D eigenvalue weighted by molar-refractivity contribution is 5.40. The molecule has 0 saturated carbocycles. The summed E-state index contributed by atoms with van der Waals surface area (Å²) in [6.45, 7) is 12.2. The van der Waals surface area contributed by atoms with Crippen molar-refractivity contribution in [3.8, 4) is 24.2 Å². The van der Waals surface area contributed by atoms with Crippen LogP contribution >= 0.6 is 0 Å². The maximum absolute atomic E-state index is 10.7. The molecule has 1 rings (SSSR count). The van der Waals surface area contributed by atoms with Gasteiger partial charge in [-0.05, 0) is 67.7 Å². The first-order valence-corrected chi connectivity index (χ1v) is 10.6. The number of terminal acetylenes is 1. The normalized spacial score (nSPS) is 18.8. The van der Waals surface area contributed by atoms with E-state index < -0.39 is 6.10 Å². The molecule has 156 valence electrons. The van der Waals surface area contributed by atoms with Gasteiger partial charge in [-0.1, -0.05) is 62.3 Å². The summed E-state index contributed by atoms with van der Waals surface area (Å²) in [5.74, 6) is 9.36. The molecule has 0 saturated heterocycles. The van der Waals surface area contributed by atoms with Crippen molar-refractivity contribution in [2.75, 3.05) is 0 Å². The van der Waals surface area contributed by atoms with Crippen LogP contribution in [0.3, 0.4) is 0 Å². The maximum atomic E-state index is 10.7. The fraction of sp³-hybridized carbons (Fsp3) is 0.481. The first kappa shape index (κ1) is 24.8. The van der Waals surface area contributed by atoms with Crippen molar-refractivity contribution in [2.45, 2.75) is 71.9 Å². The molecule has 2 heteroatoms. The number of aliphatic hydroxyl groups excluding tert-OH is 1. The molecule has 0 spiro atoms. The van der Waals surface area contributed by atoms with Gasteiger partial charge in [0.2, 0.25) is 0 Å². The first-order chi connectivity index (χ1) is 13.8. The SMILES string of the molecule is C#C/C=C(CC)\C(=C/CCC1=CC(C)=CCC#C1)C(C)C(C)C(O)CC(N)C=C. The predicted molar refractivity (Wildman–Crippen MR) is 126 cm³/mol. The molecule has 1 aliphatic carbocycles. The second-order valence-corrected chi connectivity index (χ2v) is 7.86. The third-order valence-corrected chi connectivity index (χ3v) is 5.67. The van der Waals surface area contributed by atoms with Crippen molar-refractivity contribution in [3.05, 3.63) is 59.3 Å². The third-order valence-electron chi connectivity index (χ3n) is 5.67. The molecule has 2 nitrogen and oxygen atoms in total. The number of aliphatic hydroxyl groups is 1. The minimum absolute atomic E-state index is 0.0574. The van der Waals surface area contributed by atoms with E-state index in [1.54, 1.807) is 6.08 Å². The molecule has 0 radical (unpaired) electrons. The Morgan fingerprint density at radius 3 is 2.79 bits per heavy atom. The molecule has 0 fully saturated rings. The van der Waals surface area contributed by atoms with E-state index in [4.69, 9.17) is 12.2 Å². The third kappa shape index (κ3) is 8.33. The molecule has 0 aliphatic heterocycles. The van der Waals surface area contributed by atoms with Gasteiger partial charge in [-0.25, -0.2) is 0 Å². The van der Waals surface area contributed by atoms with E-state index in [0.717, 1.165) is 31.3 Å². The first-order valence-electron chi connectivity index (χ1n) is 10.6. The van der Waals surface area contributed by atoms with Gasteiger partial charge in [-0.3, -0.25) is 0 Å². The summed E-state index contributed by atoms with van der Waals surface area (Å²) >= 11 is 0. The van der Waals surface area contributed by atoms with Crippen LogP contribution in [0.2, 0.25) is 0 Å². The van der Waals surface area contributed by atoms with Gasteiger partial charge in [-0.2, -0.15) is 0 Å². The predicted octanol–water partition coefficient (Wildman–Crippen LogP) is 5.48. The van der Waals surface area contributed by atoms with Crippen molar-refractivity contribution >= 4 is 0 Å². The summed E-state index contributed by atoms with van der Waals surface area (Å²) < 4.78 is 0. The van der Waals surface area contributed by atoms with Crippen molar-refractivity contribution in [1.29, 1.82) is 0 Å². The summed E-state index contributed by atoms with van der Waals surface area (Å²) in [5.41, 5.74) is 10.8. The zero-order valence-corrected chi connectivity index (χ0v) is 18.5. The van der Waals surface area contributed by atoms with Crippen molar-refractivity contribution in [1.82, 2.24) is 0 Å². The van der Waals surface area contributed by atoms with Crippen LogP contribution in [-0.4, -0.2) is 17.3 Å². The molecule has 0 aromatic heterocycles. The van der Waals surface area contributed by atoms with E-state index in [2.05, 4.69) is 70.3 Å². The van der Waals surface area contributed by atoms with Gasteiger partial charge >= 0.3 is 0 Å². The van der Waals surface area contributed by atoms with Gasteiger partial charge < -0.3 is 10.8 Å². The summed E-state index contributed by atoms with van der Waals surface area (Å²) in [6.07, 6.45) is 19.2. The minimum atomic E-state index is -0.492. The minimum Gasteiger partial charge on any atom is -0.393 e. The molecule has 0 bridgehead atoms. The number of hydrogen-bond donors (Lipinski definition) is 2. The van der Waals surface area contributed by atoms with E-state index in [9.17, 15) is 5.11 Å². The summed E-state index contributed by atoms with van der Waals surface area (Å²) in [7, 11) is 0. The Kier molecular flexibility index (Phi) is 11.2. The lowest BCUT2D eigenvalue weighted by Gasteiger charge is -2.29. The quantitative estimate of drug-likeness (QED) is 0.278. The fourth-order valence-corrected chi connectivity index (χ4v) is 3.57. The summed E-state index contributed by atoms with van der Waals surface area (Å²) in [6, 6.07) is -0.198. The van der Waals surface area contributed by atoms with E-state index >= 15 is 0 Å². The second-order valence-electron chi connectivity index (χ2n) is 7.86. The molecule has 0 aromatic carbocycles. The maximum Gasteiger partial charge on any atom is 0.0589 e. The molecule has 0 heterocycles. The molecular formula is C27H37NO. The van der Waals surface area contributed by atoms with Gasteiger partial charge in [0.1, 0.15) is 0 Å². The lowest BCUT2D eigenvalue weighted by atomic mass is 9.79. The molecule has 4 atom stereocenters. The topological polar surface area (TPSA) is 46.2 Å². The molecule has 1 aliphatic rings. The number of nitrogens with two attached hydrogens (primary N) is 1. The smallest absolute Gasteiger partial charge is 0.0589 e. The van der Waals surface area contributed by atoms with Crippen molar-refractivity contribution in [2.24, 2.45) is 17.6 Å². The fourth-order valence-electron chi connectivity index (χ4n) is 3.57. The Morgan fingerprint density at radius 2 is 2.17 bits per heavy atom. The van der Waals surface area contributed by atoms with Gasteiger partial charge in [0.15, 0.2) is 0 Å². The van der Waals surface area contributed by atoms with Gasteiger partial charge in [-0.15, -0.1) is 13.0 Å². The molecule has 0 aromatic rings. The van der Waals surface area contributed by atoms with E-state index in [1.165, 1.54) is 16.7 Å². The zero-order chi connectivity index (χ0) is 21.8. The largest absolute Gasteiger partial charge is 0.393 e. The summed E-state index contributed by atoms with van der Waals surface area (Å²) in [4.78, 5) is 0. The van der Waals surface area contributed by atoms with Crippen LogP contribution < -0.4 is 5.73 Å². The standard InChI is InChI=1S/C27H37NO/c1-7-13-24(8-2)26(21(5)22(6)27(29)19-25(28)9-3)17-12-16-23-15-11-10-14-20(4)18-23/h1,9,13-14,17-18,21-22,25,27,29H,3,8,10,12,16,19,28H2,2,4-6H3/b24-13-,26-17-. The Morgan fingerprint density at radius 1 is 1.45 bits per heavy atom. The number of hydrogen-bond acceptors (Lipinski definition) is 2. The second kappa shape index (κ2) is 13.1. The molecule has 4 unspecified atom stereocenters. The van der Waals surface area contributed by atoms with Gasteiger partial charge in [0, 0.05) is 18.0 Å². The Labute approximate surface area is 178 Å². The molecule has 29 heavy (non-hydrogen) atoms. The van der Waals surface area contributed by atoms with Crippen LogP contribution in [0, 0.1) is 36.0 Å². The molecule has 0 amide bonds. The Balaban J connectivity index is 3.03. The molecule has 3 N–H and O–H groups in total. The van der Waals surface area contributed by atoms with Crippen LogP contribution in [0.5, 0.6) is 0 Å². The summed E-state index contributed by atoms with van der Waals surface area (Å²) in [5, 5.41) is 10.7. The van der Waals surface area contributed by atoms with Crippen LogP contribution in [0.25, 0.3) is 0 Å². The highest BCUT2D eigenvalue weighted by Crippen LogP contribution is 2.32. The monoisotopic (exact) mass is 391 g/mol. The van der Waals surface area contributed by atoms with E-state index in [1.807, 2.05) is 6.08 Å². The van der Waals surface area contributed by atoms with E-state index in [0.29, 0.717) is 6.42 Å². The number of rotatable bonds is 11. The highest BCUT2D eigenvalue weighted by atomic mass is 16.3. The Hall–Kier alpha value is -2.26. The van der Waals surface area contributed by atoms with Crippen LogP contribution in [0.4, 0.5) is 0 Å². The lowest BCUT2D eigenvalue weighted by Crippen LogP contribution is -2.32. The lowest BCUT2D eigenvalue weighted by molar-refractivity contribution is 0.0851. The van der Waals surface area contributed by atoms with Crippen LogP contribution in [0.1, 0.15) is 59.8 Å². The van der Waals surface area contributed by atoms with Gasteiger partial charge in [0.25, 0.3) is 0 Å². The van der Waals surface area contributed by atoms with Gasteiger partial charge in [0.05, 0.1) is 6.10 Å². The number of allylic oxidation sites excluding steroid dienone is 8. The average Bonchev–Trinajstić information content (AvgIpc) is 2.92.